The monoisotopic (exact) mass is 192 g/mol. The third kappa shape index (κ3) is 2.22. The lowest BCUT2D eigenvalue weighted by Gasteiger charge is -2.07. The van der Waals surface area contributed by atoms with Crippen molar-refractivity contribution in [2.24, 2.45) is 5.92 Å². The number of H-pyrrole nitrogens is 1. The Morgan fingerprint density at radius 1 is 1.50 bits per heavy atom. The van der Waals surface area contributed by atoms with E-state index in [1.807, 2.05) is 6.92 Å². The summed E-state index contributed by atoms with van der Waals surface area (Å²) in [4.78, 5) is 18.3. The summed E-state index contributed by atoms with van der Waals surface area (Å²) in [6, 6.07) is 1.54. The van der Waals surface area contributed by atoms with Gasteiger partial charge in [0.2, 0.25) is 0 Å². The second-order valence-electron chi connectivity index (χ2n) is 4.19. The van der Waals surface area contributed by atoms with Crippen LogP contribution >= 0.6 is 0 Å². The smallest absolute Gasteiger partial charge is 0.251 e. The minimum atomic E-state index is -0.0227. The number of aromatic nitrogens is 2. The van der Waals surface area contributed by atoms with Crippen molar-refractivity contribution in [1.82, 2.24) is 9.97 Å². The summed E-state index contributed by atoms with van der Waals surface area (Å²) in [6.07, 6.45) is 6.19. The molecule has 3 nitrogen and oxygen atoms in total. The summed E-state index contributed by atoms with van der Waals surface area (Å²) in [6.45, 7) is 1.87. The lowest BCUT2D eigenvalue weighted by Crippen LogP contribution is -2.13. The Bertz CT molecular complexity index is 364. The average Bonchev–Trinajstić information content (AvgIpc) is 2.54. The lowest BCUT2D eigenvalue weighted by atomic mass is 10.0. The maximum absolute atomic E-state index is 11.2. The summed E-state index contributed by atoms with van der Waals surface area (Å²) < 4.78 is 0. The Morgan fingerprint density at radius 2 is 2.21 bits per heavy atom. The van der Waals surface area contributed by atoms with Crippen molar-refractivity contribution in [2.75, 3.05) is 0 Å². The minimum absolute atomic E-state index is 0.0227. The van der Waals surface area contributed by atoms with Gasteiger partial charge in [-0.05, 0) is 12.8 Å². The highest BCUT2D eigenvalue weighted by Crippen LogP contribution is 2.26. The SMILES string of the molecule is Cc1cc(=O)[nH]c(CC2CCCC2)n1. The van der Waals surface area contributed by atoms with Gasteiger partial charge in [-0.1, -0.05) is 25.7 Å². The maximum Gasteiger partial charge on any atom is 0.251 e. The molecule has 1 N–H and O–H groups in total. The predicted octanol–water partition coefficient (Wildman–Crippen LogP) is 1.81. The van der Waals surface area contributed by atoms with E-state index in [4.69, 9.17) is 0 Å². The molecule has 1 saturated carbocycles. The van der Waals surface area contributed by atoms with Crippen LogP contribution in [0.25, 0.3) is 0 Å². The first-order valence-corrected chi connectivity index (χ1v) is 5.31. The molecular formula is C11H16N2O. The fraction of sp³-hybridized carbons (Fsp3) is 0.636. The average molecular weight is 192 g/mol. The number of hydrogen-bond acceptors (Lipinski definition) is 2. The van der Waals surface area contributed by atoms with E-state index in [9.17, 15) is 4.79 Å². The van der Waals surface area contributed by atoms with Gasteiger partial charge in [0.05, 0.1) is 0 Å². The quantitative estimate of drug-likeness (QED) is 0.776. The Morgan fingerprint density at radius 3 is 2.86 bits per heavy atom. The van der Waals surface area contributed by atoms with Crippen LogP contribution in [0.1, 0.15) is 37.2 Å². The van der Waals surface area contributed by atoms with Gasteiger partial charge in [0.25, 0.3) is 5.56 Å². The number of aryl methyl sites for hydroxylation is 1. The molecule has 1 aliphatic carbocycles. The molecule has 0 bridgehead atoms. The first-order chi connectivity index (χ1) is 6.74. The first-order valence-electron chi connectivity index (χ1n) is 5.31. The molecule has 1 fully saturated rings. The highest BCUT2D eigenvalue weighted by atomic mass is 16.1. The summed E-state index contributed by atoms with van der Waals surface area (Å²) >= 11 is 0. The van der Waals surface area contributed by atoms with E-state index < -0.39 is 0 Å². The molecule has 0 radical (unpaired) electrons. The maximum atomic E-state index is 11.2. The van der Waals surface area contributed by atoms with Crippen LogP contribution in [0.15, 0.2) is 10.9 Å². The van der Waals surface area contributed by atoms with Crippen molar-refractivity contribution in [3.8, 4) is 0 Å². The third-order valence-electron chi connectivity index (χ3n) is 2.88. The van der Waals surface area contributed by atoms with Gasteiger partial charge in [0.15, 0.2) is 0 Å². The molecular weight excluding hydrogens is 176 g/mol. The molecule has 1 aliphatic rings. The van der Waals surface area contributed by atoms with Crippen LogP contribution < -0.4 is 5.56 Å². The van der Waals surface area contributed by atoms with Gasteiger partial charge >= 0.3 is 0 Å². The molecule has 0 aliphatic heterocycles. The fourth-order valence-electron chi connectivity index (χ4n) is 2.23. The van der Waals surface area contributed by atoms with E-state index in [1.54, 1.807) is 0 Å². The van der Waals surface area contributed by atoms with Crippen LogP contribution in [-0.2, 0) is 6.42 Å². The van der Waals surface area contributed by atoms with E-state index in [-0.39, 0.29) is 5.56 Å². The van der Waals surface area contributed by atoms with E-state index in [0.29, 0.717) is 0 Å². The van der Waals surface area contributed by atoms with Crippen LogP contribution in [0.2, 0.25) is 0 Å². The van der Waals surface area contributed by atoms with Crippen molar-refractivity contribution in [3.63, 3.8) is 0 Å². The molecule has 2 rings (SSSR count). The Kier molecular flexibility index (Phi) is 2.66. The van der Waals surface area contributed by atoms with Crippen LogP contribution in [-0.4, -0.2) is 9.97 Å². The van der Waals surface area contributed by atoms with Crippen LogP contribution in [0, 0.1) is 12.8 Å². The van der Waals surface area contributed by atoms with Crippen molar-refractivity contribution in [2.45, 2.75) is 39.0 Å². The van der Waals surface area contributed by atoms with Crippen molar-refractivity contribution < 1.29 is 0 Å². The Balaban J connectivity index is 2.11. The normalized spacial score (nSPS) is 17.5. The van der Waals surface area contributed by atoms with Gasteiger partial charge in [-0.15, -0.1) is 0 Å². The highest BCUT2D eigenvalue weighted by molar-refractivity contribution is 5.01. The number of aromatic amines is 1. The summed E-state index contributed by atoms with van der Waals surface area (Å²) in [7, 11) is 0. The molecule has 76 valence electrons. The fourth-order valence-corrected chi connectivity index (χ4v) is 2.23. The van der Waals surface area contributed by atoms with Crippen molar-refractivity contribution in [1.29, 1.82) is 0 Å². The molecule has 0 aromatic carbocycles. The standard InChI is InChI=1S/C11H16N2O/c1-8-6-11(14)13-10(12-8)7-9-4-2-3-5-9/h6,9H,2-5,7H2,1H3,(H,12,13,14). The number of nitrogens with one attached hydrogen (secondary N) is 1. The lowest BCUT2D eigenvalue weighted by molar-refractivity contribution is 0.528. The number of hydrogen-bond donors (Lipinski definition) is 1. The predicted molar refractivity (Wildman–Crippen MR) is 55.3 cm³/mol. The number of nitrogens with zero attached hydrogens (tertiary/aromatic N) is 1. The van der Waals surface area contributed by atoms with Gasteiger partial charge in [0.1, 0.15) is 5.82 Å². The summed E-state index contributed by atoms with van der Waals surface area (Å²) in [5.41, 5.74) is 0.798. The molecule has 3 heteroatoms. The zero-order chi connectivity index (χ0) is 9.97. The van der Waals surface area contributed by atoms with Gasteiger partial charge in [-0.3, -0.25) is 4.79 Å². The van der Waals surface area contributed by atoms with Gasteiger partial charge in [-0.2, -0.15) is 0 Å². The summed E-state index contributed by atoms with van der Waals surface area (Å²) in [5, 5.41) is 0. The van der Waals surface area contributed by atoms with E-state index in [2.05, 4.69) is 9.97 Å². The topological polar surface area (TPSA) is 45.8 Å². The molecule has 0 saturated heterocycles. The molecule has 0 atom stereocenters. The Labute approximate surface area is 83.6 Å². The molecule has 1 aromatic heterocycles. The van der Waals surface area contributed by atoms with E-state index in [1.165, 1.54) is 31.7 Å². The zero-order valence-electron chi connectivity index (χ0n) is 8.55. The van der Waals surface area contributed by atoms with Crippen molar-refractivity contribution >= 4 is 0 Å². The largest absolute Gasteiger partial charge is 0.311 e. The van der Waals surface area contributed by atoms with Gasteiger partial charge < -0.3 is 4.98 Å². The molecule has 1 heterocycles. The second kappa shape index (κ2) is 3.95. The molecule has 14 heavy (non-hydrogen) atoms. The van der Waals surface area contributed by atoms with Crippen LogP contribution in [0.5, 0.6) is 0 Å². The zero-order valence-corrected chi connectivity index (χ0v) is 8.55. The second-order valence-corrected chi connectivity index (χ2v) is 4.19. The molecule has 0 spiro atoms. The minimum Gasteiger partial charge on any atom is -0.311 e. The van der Waals surface area contributed by atoms with E-state index in [0.717, 1.165) is 23.9 Å². The van der Waals surface area contributed by atoms with E-state index >= 15 is 0 Å². The van der Waals surface area contributed by atoms with Crippen LogP contribution in [0.3, 0.4) is 0 Å². The molecule has 0 amide bonds. The summed E-state index contributed by atoms with van der Waals surface area (Å²) in [5.74, 6) is 1.60. The Hall–Kier alpha value is -1.12. The van der Waals surface area contributed by atoms with Gasteiger partial charge in [-0.25, -0.2) is 4.98 Å². The van der Waals surface area contributed by atoms with Gasteiger partial charge in [0, 0.05) is 18.2 Å². The van der Waals surface area contributed by atoms with Crippen LogP contribution in [0.4, 0.5) is 0 Å². The highest BCUT2D eigenvalue weighted by Gasteiger charge is 2.16. The first kappa shape index (κ1) is 9.44. The number of rotatable bonds is 2. The molecule has 0 unspecified atom stereocenters. The molecule has 1 aromatic rings. The third-order valence-corrected chi connectivity index (χ3v) is 2.88. The van der Waals surface area contributed by atoms with Crippen molar-refractivity contribution in [3.05, 3.63) is 27.9 Å².